The van der Waals surface area contributed by atoms with Crippen LogP contribution in [0, 0.1) is 10.1 Å². The van der Waals surface area contributed by atoms with E-state index in [9.17, 15) is 14.9 Å². The lowest BCUT2D eigenvalue weighted by molar-refractivity contribution is -0.384. The van der Waals surface area contributed by atoms with E-state index in [0.717, 1.165) is 30.2 Å². The van der Waals surface area contributed by atoms with Gasteiger partial charge >= 0.3 is 0 Å². The number of piperazine rings is 1. The first-order chi connectivity index (χ1) is 14.1. The predicted molar refractivity (Wildman–Crippen MR) is 113 cm³/mol. The minimum absolute atomic E-state index is 0.0683. The van der Waals surface area contributed by atoms with Crippen molar-refractivity contribution in [1.82, 2.24) is 4.90 Å². The summed E-state index contributed by atoms with van der Waals surface area (Å²) >= 11 is 0. The van der Waals surface area contributed by atoms with Crippen molar-refractivity contribution < 1.29 is 14.5 Å². The summed E-state index contributed by atoms with van der Waals surface area (Å²) in [6.07, 6.45) is 1.20. The van der Waals surface area contributed by atoms with Gasteiger partial charge in [0.25, 0.3) is 5.69 Å². The van der Waals surface area contributed by atoms with Crippen molar-refractivity contribution in [3.8, 4) is 5.75 Å². The van der Waals surface area contributed by atoms with Crippen molar-refractivity contribution >= 4 is 23.0 Å². The molecule has 8 heteroatoms. The molecule has 0 unspecified atom stereocenters. The third-order valence-corrected chi connectivity index (χ3v) is 5.03. The summed E-state index contributed by atoms with van der Waals surface area (Å²) in [6, 6.07) is 14.3. The molecular formula is C21H26N4O4. The summed E-state index contributed by atoms with van der Waals surface area (Å²) in [5.74, 6) is 1.00. The first-order valence-electron chi connectivity index (χ1n) is 9.72. The van der Waals surface area contributed by atoms with Crippen LogP contribution in [0.1, 0.15) is 12.8 Å². The normalized spacial score (nSPS) is 13.8. The van der Waals surface area contributed by atoms with Gasteiger partial charge in [0, 0.05) is 68.7 Å². The quantitative estimate of drug-likeness (QED) is 0.418. The third-order valence-electron chi connectivity index (χ3n) is 5.03. The van der Waals surface area contributed by atoms with Crippen LogP contribution in [0.5, 0.6) is 5.75 Å². The Kier molecular flexibility index (Phi) is 6.89. The number of nitrogens with zero attached hydrogens (tertiary/aromatic N) is 3. The number of rotatable bonds is 8. The van der Waals surface area contributed by atoms with Crippen LogP contribution in [0.4, 0.5) is 17.1 Å². The van der Waals surface area contributed by atoms with Crippen LogP contribution in [0.2, 0.25) is 0 Å². The van der Waals surface area contributed by atoms with Gasteiger partial charge in [-0.3, -0.25) is 14.9 Å². The van der Waals surface area contributed by atoms with Crippen LogP contribution in [-0.4, -0.2) is 55.6 Å². The molecule has 2 aromatic rings. The number of hydrogen-bond acceptors (Lipinski definition) is 6. The number of benzene rings is 2. The van der Waals surface area contributed by atoms with Crippen LogP contribution in [0.15, 0.2) is 48.5 Å². The number of non-ortho nitro benzene ring substituents is 1. The SMILES string of the molecule is COc1cccc(N2CCN(C(=O)CCCNc3ccc([N+](=O)[O-])cc3)CC2)c1. The Morgan fingerprint density at radius 1 is 1.14 bits per heavy atom. The zero-order valence-electron chi connectivity index (χ0n) is 16.5. The average Bonchev–Trinajstić information content (AvgIpc) is 2.77. The summed E-state index contributed by atoms with van der Waals surface area (Å²) < 4.78 is 5.28. The third kappa shape index (κ3) is 5.60. The topological polar surface area (TPSA) is 88.0 Å². The molecule has 1 heterocycles. The molecule has 0 aliphatic carbocycles. The minimum atomic E-state index is -0.420. The van der Waals surface area contributed by atoms with E-state index >= 15 is 0 Å². The zero-order valence-corrected chi connectivity index (χ0v) is 16.5. The summed E-state index contributed by atoms with van der Waals surface area (Å²) in [7, 11) is 1.66. The van der Waals surface area contributed by atoms with E-state index in [1.807, 2.05) is 23.1 Å². The number of nitro benzene ring substituents is 1. The summed E-state index contributed by atoms with van der Waals surface area (Å²) in [5, 5.41) is 13.9. The highest BCUT2D eigenvalue weighted by Crippen LogP contribution is 2.22. The molecule has 2 aromatic carbocycles. The number of nitro groups is 1. The largest absolute Gasteiger partial charge is 0.497 e. The zero-order chi connectivity index (χ0) is 20.6. The fourth-order valence-electron chi connectivity index (χ4n) is 3.35. The number of hydrogen-bond donors (Lipinski definition) is 1. The molecule has 0 aromatic heterocycles. The summed E-state index contributed by atoms with van der Waals surface area (Å²) in [5.41, 5.74) is 2.00. The molecular weight excluding hydrogens is 372 g/mol. The van der Waals surface area contributed by atoms with Crippen LogP contribution >= 0.6 is 0 Å². The highest BCUT2D eigenvalue weighted by atomic mass is 16.6. The number of carbonyl (C=O) groups is 1. The molecule has 1 aliphatic heterocycles. The van der Waals surface area contributed by atoms with E-state index < -0.39 is 4.92 Å². The Labute approximate surface area is 170 Å². The molecule has 29 heavy (non-hydrogen) atoms. The molecule has 1 aliphatic rings. The second-order valence-electron chi connectivity index (χ2n) is 6.90. The van der Waals surface area contributed by atoms with Gasteiger partial charge < -0.3 is 19.9 Å². The van der Waals surface area contributed by atoms with Gasteiger partial charge in [-0.2, -0.15) is 0 Å². The van der Waals surface area contributed by atoms with Gasteiger partial charge in [0.05, 0.1) is 12.0 Å². The van der Waals surface area contributed by atoms with Crippen LogP contribution < -0.4 is 15.0 Å². The Morgan fingerprint density at radius 2 is 1.86 bits per heavy atom. The van der Waals surface area contributed by atoms with Crippen molar-refractivity contribution in [2.75, 3.05) is 50.1 Å². The maximum absolute atomic E-state index is 12.5. The Balaban J connectivity index is 1.38. The molecule has 154 valence electrons. The summed E-state index contributed by atoms with van der Waals surface area (Å²) in [4.78, 5) is 26.9. The molecule has 0 spiro atoms. The van der Waals surface area contributed by atoms with Crippen molar-refractivity contribution in [2.45, 2.75) is 12.8 Å². The smallest absolute Gasteiger partial charge is 0.269 e. The molecule has 0 saturated carbocycles. The fraction of sp³-hybridized carbons (Fsp3) is 0.381. The van der Waals surface area contributed by atoms with Gasteiger partial charge in [-0.15, -0.1) is 0 Å². The van der Waals surface area contributed by atoms with E-state index in [-0.39, 0.29) is 11.6 Å². The highest BCUT2D eigenvalue weighted by molar-refractivity contribution is 5.76. The molecule has 1 N–H and O–H groups in total. The van der Waals surface area contributed by atoms with Crippen molar-refractivity contribution in [1.29, 1.82) is 0 Å². The van der Waals surface area contributed by atoms with Crippen molar-refractivity contribution in [3.63, 3.8) is 0 Å². The molecule has 0 bridgehead atoms. The van der Waals surface area contributed by atoms with E-state index in [4.69, 9.17) is 4.74 Å². The molecule has 1 fully saturated rings. The van der Waals surface area contributed by atoms with Crippen molar-refractivity contribution in [3.05, 3.63) is 58.6 Å². The monoisotopic (exact) mass is 398 g/mol. The van der Waals surface area contributed by atoms with Gasteiger partial charge in [0.15, 0.2) is 0 Å². The molecule has 3 rings (SSSR count). The first kappa shape index (κ1) is 20.4. The Bertz CT molecular complexity index is 833. The number of carbonyl (C=O) groups excluding carboxylic acids is 1. The fourth-order valence-corrected chi connectivity index (χ4v) is 3.35. The van der Waals surface area contributed by atoms with Crippen LogP contribution in [0.25, 0.3) is 0 Å². The Hall–Kier alpha value is -3.29. The van der Waals surface area contributed by atoms with E-state index in [0.29, 0.717) is 32.5 Å². The minimum Gasteiger partial charge on any atom is -0.497 e. The van der Waals surface area contributed by atoms with E-state index in [1.165, 1.54) is 12.1 Å². The lowest BCUT2D eigenvalue weighted by atomic mass is 10.2. The molecule has 0 atom stereocenters. The van der Waals surface area contributed by atoms with Gasteiger partial charge in [-0.25, -0.2) is 0 Å². The average molecular weight is 398 g/mol. The number of methoxy groups -OCH3 is 1. The standard InChI is InChI=1S/C21H26N4O4/c1-29-20-5-2-4-19(16-20)23-12-14-24(15-13-23)21(26)6-3-11-22-17-7-9-18(10-8-17)25(27)28/h2,4-5,7-10,16,22H,3,6,11-15H2,1H3. The molecule has 0 radical (unpaired) electrons. The van der Waals surface area contributed by atoms with E-state index in [2.05, 4.69) is 16.3 Å². The van der Waals surface area contributed by atoms with Crippen molar-refractivity contribution in [2.24, 2.45) is 0 Å². The van der Waals surface area contributed by atoms with Crippen LogP contribution in [0.3, 0.4) is 0 Å². The van der Waals surface area contributed by atoms with E-state index in [1.54, 1.807) is 19.2 Å². The Morgan fingerprint density at radius 3 is 2.52 bits per heavy atom. The number of ether oxygens (including phenoxy) is 1. The summed E-state index contributed by atoms with van der Waals surface area (Å²) in [6.45, 7) is 3.69. The molecule has 8 nitrogen and oxygen atoms in total. The van der Waals surface area contributed by atoms with Gasteiger partial charge in [0.2, 0.25) is 5.91 Å². The first-order valence-corrected chi connectivity index (χ1v) is 9.72. The maximum Gasteiger partial charge on any atom is 0.269 e. The number of nitrogens with one attached hydrogen (secondary N) is 1. The van der Waals surface area contributed by atoms with Crippen LogP contribution in [-0.2, 0) is 4.79 Å². The number of anilines is 2. The van der Waals surface area contributed by atoms with Gasteiger partial charge in [-0.1, -0.05) is 6.07 Å². The second kappa shape index (κ2) is 9.77. The number of amides is 1. The lowest BCUT2D eigenvalue weighted by Gasteiger charge is -2.36. The highest BCUT2D eigenvalue weighted by Gasteiger charge is 2.21. The lowest BCUT2D eigenvalue weighted by Crippen LogP contribution is -2.48. The van der Waals surface area contributed by atoms with Gasteiger partial charge in [0.1, 0.15) is 5.75 Å². The molecule has 1 saturated heterocycles. The predicted octanol–water partition coefficient (Wildman–Crippen LogP) is 3.14. The van der Waals surface area contributed by atoms with Gasteiger partial charge in [-0.05, 0) is 30.7 Å². The second-order valence-corrected chi connectivity index (χ2v) is 6.90. The maximum atomic E-state index is 12.5. The molecule has 1 amide bonds.